The molecule has 0 aliphatic heterocycles. The normalized spacial score (nSPS) is 15.0. The van der Waals surface area contributed by atoms with Crippen molar-refractivity contribution < 1.29 is 33.3 Å². The number of rotatable bonds is 5. The molecule has 0 saturated heterocycles. The highest BCUT2D eigenvalue weighted by molar-refractivity contribution is 6.31. The lowest BCUT2D eigenvalue weighted by molar-refractivity contribution is -0.929. The van der Waals surface area contributed by atoms with Gasteiger partial charge in [0.1, 0.15) is 12.2 Å². The van der Waals surface area contributed by atoms with Gasteiger partial charge < -0.3 is 38.8 Å². The standard InChI is InChI=1S/C24H28ClN3O.HI/c1-28(2,21-6-4-3-5-7-21)16-17-8-11-20(12-9-17)26-24(29)23-15-18-14-19(25)10-13-22(18)27-23;/h8-15,21H,3-7,16H2,1-2H3,(H-,26,27,29);1H. The maximum Gasteiger partial charge on any atom is 0.272 e. The molecule has 0 spiro atoms. The highest BCUT2D eigenvalue weighted by Crippen LogP contribution is 2.28. The molecule has 4 rings (SSSR count). The van der Waals surface area contributed by atoms with Crippen molar-refractivity contribution in [1.29, 1.82) is 0 Å². The van der Waals surface area contributed by atoms with Gasteiger partial charge in [-0.05, 0) is 62.1 Å². The minimum Gasteiger partial charge on any atom is -1.00 e. The van der Waals surface area contributed by atoms with Gasteiger partial charge in [0.25, 0.3) is 5.91 Å². The lowest BCUT2D eigenvalue weighted by Gasteiger charge is -2.40. The van der Waals surface area contributed by atoms with Crippen molar-refractivity contribution in [2.75, 3.05) is 19.4 Å². The highest BCUT2D eigenvalue weighted by atomic mass is 127. The van der Waals surface area contributed by atoms with Gasteiger partial charge in [-0.25, -0.2) is 0 Å². The van der Waals surface area contributed by atoms with Gasteiger partial charge in [0.05, 0.1) is 20.1 Å². The fourth-order valence-electron chi connectivity index (χ4n) is 4.50. The molecular weight excluding hydrogens is 509 g/mol. The third-order valence-corrected chi connectivity index (χ3v) is 6.43. The zero-order valence-electron chi connectivity index (χ0n) is 17.6. The van der Waals surface area contributed by atoms with Crippen molar-refractivity contribution in [3.63, 3.8) is 0 Å². The van der Waals surface area contributed by atoms with Crippen LogP contribution in [0.5, 0.6) is 0 Å². The van der Waals surface area contributed by atoms with Crippen LogP contribution in [-0.4, -0.2) is 35.5 Å². The molecule has 1 heterocycles. The number of aromatic amines is 1. The smallest absolute Gasteiger partial charge is 0.272 e. The number of H-pyrrole nitrogens is 1. The third kappa shape index (κ3) is 5.37. The van der Waals surface area contributed by atoms with Crippen LogP contribution >= 0.6 is 11.6 Å². The van der Waals surface area contributed by atoms with Crippen LogP contribution in [0.15, 0.2) is 48.5 Å². The number of carbonyl (C=O) groups is 1. The second-order valence-electron chi connectivity index (χ2n) is 8.79. The Morgan fingerprint density at radius 2 is 1.77 bits per heavy atom. The molecule has 2 aromatic carbocycles. The Bertz CT molecular complexity index is 1010. The summed E-state index contributed by atoms with van der Waals surface area (Å²) in [4.78, 5) is 15.8. The van der Waals surface area contributed by atoms with Crippen LogP contribution in [0, 0.1) is 0 Å². The summed E-state index contributed by atoms with van der Waals surface area (Å²) < 4.78 is 1.03. The van der Waals surface area contributed by atoms with E-state index in [-0.39, 0.29) is 29.9 Å². The van der Waals surface area contributed by atoms with Gasteiger partial charge >= 0.3 is 0 Å². The number of benzene rings is 2. The van der Waals surface area contributed by atoms with Crippen molar-refractivity contribution in [2.45, 2.75) is 44.7 Å². The van der Waals surface area contributed by atoms with E-state index in [1.807, 2.05) is 36.4 Å². The van der Waals surface area contributed by atoms with Gasteiger partial charge in [-0.1, -0.05) is 30.2 Å². The Morgan fingerprint density at radius 1 is 1.07 bits per heavy atom. The molecule has 1 amide bonds. The van der Waals surface area contributed by atoms with Crippen LogP contribution < -0.4 is 29.3 Å². The molecule has 3 aromatic rings. The predicted octanol–water partition coefficient (Wildman–Crippen LogP) is 2.99. The number of hydrogen-bond acceptors (Lipinski definition) is 1. The molecule has 0 unspecified atom stereocenters. The van der Waals surface area contributed by atoms with E-state index in [2.05, 4.69) is 36.5 Å². The highest BCUT2D eigenvalue weighted by Gasteiger charge is 2.29. The molecule has 4 nitrogen and oxygen atoms in total. The predicted molar refractivity (Wildman–Crippen MR) is 120 cm³/mol. The Labute approximate surface area is 200 Å². The van der Waals surface area contributed by atoms with Gasteiger partial charge in [-0.3, -0.25) is 4.79 Å². The second-order valence-corrected chi connectivity index (χ2v) is 9.23. The second kappa shape index (κ2) is 9.71. The quantitative estimate of drug-likeness (QED) is 0.382. The zero-order chi connectivity index (χ0) is 20.4. The summed E-state index contributed by atoms with van der Waals surface area (Å²) in [5.74, 6) is -0.150. The van der Waals surface area contributed by atoms with E-state index in [1.54, 1.807) is 0 Å². The van der Waals surface area contributed by atoms with E-state index in [0.29, 0.717) is 10.7 Å². The number of amides is 1. The molecule has 1 aliphatic rings. The van der Waals surface area contributed by atoms with Crippen molar-refractivity contribution in [2.24, 2.45) is 0 Å². The van der Waals surface area contributed by atoms with Crippen LogP contribution in [-0.2, 0) is 6.54 Å². The molecule has 0 atom stereocenters. The molecule has 2 N–H and O–H groups in total. The summed E-state index contributed by atoms with van der Waals surface area (Å²) in [6.07, 6.45) is 6.76. The molecular formula is C24H29ClIN3O. The summed E-state index contributed by atoms with van der Waals surface area (Å²) >= 11 is 6.03. The number of carbonyl (C=O) groups excluding carboxylic acids is 1. The fourth-order valence-corrected chi connectivity index (χ4v) is 4.68. The number of nitrogens with zero attached hydrogens (tertiary/aromatic N) is 1. The zero-order valence-corrected chi connectivity index (χ0v) is 20.5. The molecule has 1 aromatic heterocycles. The number of nitrogens with one attached hydrogen (secondary N) is 2. The third-order valence-electron chi connectivity index (χ3n) is 6.19. The Hall–Kier alpha value is -1.57. The topological polar surface area (TPSA) is 44.9 Å². The van der Waals surface area contributed by atoms with Crippen LogP contribution in [0.3, 0.4) is 0 Å². The SMILES string of the molecule is C[N+](C)(Cc1ccc(NC(=O)c2cc3cc(Cl)ccc3[nH]2)cc1)C1CCCCC1.[I-]. The molecule has 160 valence electrons. The molecule has 1 aliphatic carbocycles. The molecule has 30 heavy (non-hydrogen) atoms. The molecule has 0 radical (unpaired) electrons. The van der Waals surface area contributed by atoms with Crippen molar-refractivity contribution >= 4 is 34.1 Å². The molecule has 1 fully saturated rings. The molecule has 0 bridgehead atoms. The van der Waals surface area contributed by atoms with Gasteiger partial charge in [0.2, 0.25) is 0 Å². The minimum absolute atomic E-state index is 0. The summed E-state index contributed by atoms with van der Waals surface area (Å²) in [5.41, 5.74) is 3.54. The van der Waals surface area contributed by atoms with Crippen molar-refractivity contribution in [3.8, 4) is 0 Å². The molecule has 6 heteroatoms. The van der Waals surface area contributed by atoms with Gasteiger partial charge in [-0.15, -0.1) is 0 Å². The van der Waals surface area contributed by atoms with Crippen LogP contribution in [0.1, 0.15) is 48.2 Å². The number of anilines is 1. The number of hydrogen-bond donors (Lipinski definition) is 2. The van der Waals surface area contributed by atoms with Crippen LogP contribution in [0.25, 0.3) is 10.9 Å². The summed E-state index contributed by atoms with van der Waals surface area (Å²) in [6, 6.07) is 16.4. The summed E-state index contributed by atoms with van der Waals surface area (Å²) in [5, 5.41) is 4.57. The first-order valence-corrected chi connectivity index (χ1v) is 10.8. The number of aromatic nitrogens is 1. The minimum atomic E-state index is -0.150. The van der Waals surface area contributed by atoms with Crippen LogP contribution in [0.4, 0.5) is 5.69 Å². The summed E-state index contributed by atoms with van der Waals surface area (Å²) in [7, 11) is 4.68. The lowest BCUT2D eigenvalue weighted by Crippen LogP contribution is -3.00. The van der Waals surface area contributed by atoms with E-state index in [9.17, 15) is 4.79 Å². The van der Waals surface area contributed by atoms with E-state index in [4.69, 9.17) is 11.6 Å². The average Bonchev–Trinajstić information content (AvgIpc) is 3.13. The van der Waals surface area contributed by atoms with Crippen LogP contribution in [0.2, 0.25) is 5.02 Å². The number of quaternary nitrogens is 1. The van der Waals surface area contributed by atoms with E-state index < -0.39 is 0 Å². The van der Waals surface area contributed by atoms with E-state index in [1.165, 1.54) is 37.7 Å². The van der Waals surface area contributed by atoms with Gasteiger partial charge in [-0.2, -0.15) is 0 Å². The first-order valence-electron chi connectivity index (χ1n) is 10.4. The monoisotopic (exact) mass is 537 g/mol. The number of halogens is 2. The maximum atomic E-state index is 12.6. The Kier molecular flexibility index (Phi) is 7.47. The fraction of sp³-hybridized carbons (Fsp3) is 0.375. The molecule has 1 saturated carbocycles. The summed E-state index contributed by atoms with van der Waals surface area (Å²) in [6.45, 7) is 1.02. The van der Waals surface area contributed by atoms with Gasteiger partial charge in [0.15, 0.2) is 0 Å². The number of fused-ring (bicyclic) bond motifs is 1. The first-order chi connectivity index (χ1) is 13.9. The lowest BCUT2D eigenvalue weighted by atomic mass is 9.92. The first kappa shape index (κ1) is 23.1. The Morgan fingerprint density at radius 3 is 2.47 bits per heavy atom. The van der Waals surface area contributed by atoms with Crippen molar-refractivity contribution in [1.82, 2.24) is 4.98 Å². The Balaban J connectivity index is 0.00000256. The van der Waals surface area contributed by atoms with E-state index in [0.717, 1.165) is 33.7 Å². The van der Waals surface area contributed by atoms with Gasteiger partial charge in [0, 0.05) is 27.2 Å². The van der Waals surface area contributed by atoms with E-state index >= 15 is 0 Å². The maximum absolute atomic E-state index is 12.6. The van der Waals surface area contributed by atoms with Crippen molar-refractivity contribution in [3.05, 3.63) is 64.8 Å². The average molecular weight is 538 g/mol. The largest absolute Gasteiger partial charge is 1.00 e.